The SMILES string of the molecule is CC(C(=O)NCc1cc(C(C)(C)C)nn1-c1cccc(Cl)c1)c1cccc(NC(=O)c2ncccn2)c1. The Bertz CT molecular complexity index is 1410. The monoisotopic (exact) mass is 516 g/mol. The molecule has 2 amide bonds. The second kappa shape index (κ2) is 10.9. The number of anilines is 1. The number of hydrogen-bond donors (Lipinski definition) is 2. The van der Waals surface area contributed by atoms with Gasteiger partial charge in [-0.1, -0.05) is 50.6 Å². The normalized spacial score (nSPS) is 12.1. The van der Waals surface area contributed by atoms with Crippen molar-refractivity contribution in [3.8, 4) is 5.69 Å². The fraction of sp³-hybridized carbons (Fsp3) is 0.250. The molecule has 4 rings (SSSR count). The van der Waals surface area contributed by atoms with Crippen molar-refractivity contribution >= 4 is 29.1 Å². The van der Waals surface area contributed by atoms with Crippen LogP contribution >= 0.6 is 11.6 Å². The maximum Gasteiger partial charge on any atom is 0.293 e. The van der Waals surface area contributed by atoms with Gasteiger partial charge in [0.25, 0.3) is 5.91 Å². The topological polar surface area (TPSA) is 102 Å². The van der Waals surface area contributed by atoms with Gasteiger partial charge in [-0.05, 0) is 55.0 Å². The summed E-state index contributed by atoms with van der Waals surface area (Å²) >= 11 is 6.22. The predicted octanol–water partition coefficient (Wildman–Crippen LogP) is 5.29. The van der Waals surface area contributed by atoms with Gasteiger partial charge in [0.2, 0.25) is 11.7 Å². The third-order valence-corrected chi connectivity index (χ3v) is 6.09. The first kappa shape index (κ1) is 26.0. The van der Waals surface area contributed by atoms with Crippen LogP contribution in [0, 0.1) is 0 Å². The van der Waals surface area contributed by atoms with Crippen LogP contribution < -0.4 is 10.6 Å². The highest BCUT2D eigenvalue weighted by atomic mass is 35.5. The van der Waals surface area contributed by atoms with Gasteiger partial charge in [-0.25, -0.2) is 14.6 Å². The molecule has 2 aromatic carbocycles. The van der Waals surface area contributed by atoms with Crippen LogP contribution in [0.15, 0.2) is 73.1 Å². The highest BCUT2D eigenvalue weighted by Crippen LogP contribution is 2.25. The summed E-state index contributed by atoms with van der Waals surface area (Å²) in [6.45, 7) is 8.40. The summed E-state index contributed by atoms with van der Waals surface area (Å²) in [5.74, 6) is -0.941. The largest absolute Gasteiger partial charge is 0.350 e. The van der Waals surface area contributed by atoms with E-state index in [9.17, 15) is 9.59 Å². The molecule has 1 atom stereocenters. The van der Waals surface area contributed by atoms with Crippen LogP contribution in [0.2, 0.25) is 5.02 Å². The fourth-order valence-electron chi connectivity index (χ4n) is 3.71. The van der Waals surface area contributed by atoms with Crippen molar-refractivity contribution in [1.29, 1.82) is 0 Å². The lowest BCUT2D eigenvalue weighted by Crippen LogP contribution is -2.28. The van der Waals surface area contributed by atoms with Gasteiger partial charge in [0.05, 0.1) is 29.5 Å². The zero-order valence-corrected chi connectivity index (χ0v) is 22.0. The first-order valence-corrected chi connectivity index (χ1v) is 12.3. The molecule has 0 radical (unpaired) electrons. The van der Waals surface area contributed by atoms with Crippen LogP contribution in [-0.2, 0) is 16.8 Å². The standard InChI is InChI=1S/C28H29ClN6O2/c1-18(19-8-5-10-21(14-19)33-27(37)25-30-12-7-13-31-25)26(36)32-17-23-16-24(28(2,3)4)34-35(23)22-11-6-9-20(29)15-22/h5-16,18H,17H2,1-4H3,(H,32,36)(H,33,37). The molecule has 9 heteroatoms. The van der Waals surface area contributed by atoms with Gasteiger partial charge in [-0.2, -0.15) is 5.10 Å². The van der Waals surface area contributed by atoms with Crippen molar-refractivity contribution in [2.45, 2.75) is 45.6 Å². The minimum Gasteiger partial charge on any atom is -0.350 e. The molecule has 0 aliphatic rings. The Morgan fingerprint density at radius 2 is 1.73 bits per heavy atom. The van der Waals surface area contributed by atoms with E-state index in [1.165, 1.54) is 12.4 Å². The lowest BCUT2D eigenvalue weighted by atomic mass is 9.92. The summed E-state index contributed by atoms with van der Waals surface area (Å²) in [6.07, 6.45) is 3.01. The molecule has 0 aliphatic heterocycles. The number of carbonyl (C=O) groups is 2. The van der Waals surface area contributed by atoms with Crippen molar-refractivity contribution in [2.24, 2.45) is 0 Å². The van der Waals surface area contributed by atoms with Crippen LogP contribution in [0.3, 0.4) is 0 Å². The van der Waals surface area contributed by atoms with Gasteiger partial charge in [0.15, 0.2) is 0 Å². The number of rotatable bonds is 7. The number of nitrogens with one attached hydrogen (secondary N) is 2. The maximum absolute atomic E-state index is 13.1. The predicted molar refractivity (Wildman–Crippen MR) is 144 cm³/mol. The first-order valence-electron chi connectivity index (χ1n) is 11.9. The molecule has 2 aromatic heterocycles. The molecule has 190 valence electrons. The van der Waals surface area contributed by atoms with E-state index in [-0.39, 0.29) is 17.1 Å². The summed E-state index contributed by atoms with van der Waals surface area (Å²) in [4.78, 5) is 33.4. The second-order valence-electron chi connectivity index (χ2n) is 9.75. The molecular weight excluding hydrogens is 488 g/mol. The average Bonchev–Trinajstić information content (AvgIpc) is 3.32. The summed E-state index contributed by atoms with van der Waals surface area (Å²) in [5.41, 5.74) is 3.75. The fourth-order valence-corrected chi connectivity index (χ4v) is 3.90. The van der Waals surface area contributed by atoms with Crippen LogP contribution in [-0.4, -0.2) is 31.6 Å². The van der Waals surface area contributed by atoms with Gasteiger partial charge in [-0.15, -0.1) is 0 Å². The second-order valence-corrected chi connectivity index (χ2v) is 10.2. The molecule has 0 fully saturated rings. The Balaban J connectivity index is 1.48. The third kappa shape index (κ3) is 6.40. The van der Waals surface area contributed by atoms with E-state index < -0.39 is 11.8 Å². The van der Waals surface area contributed by atoms with Crippen LogP contribution in [0.25, 0.3) is 5.69 Å². The van der Waals surface area contributed by atoms with Crippen molar-refractivity contribution in [1.82, 2.24) is 25.1 Å². The molecule has 0 bridgehead atoms. The lowest BCUT2D eigenvalue weighted by molar-refractivity contribution is -0.122. The molecule has 0 saturated heterocycles. The van der Waals surface area contributed by atoms with Crippen molar-refractivity contribution in [3.63, 3.8) is 0 Å². The molecule has 4 aromatic rings. The number of carbonyl (C=O) groups excluding carboxylic acids is 2. The number of amides is 2. The quantitative estimate of drug-likeness (QED) is 0.347. The smallest absolute Gasteiger partial charge is 0.293 e. The highest BCUT2D eigenvalue weighted by Gasteiger charge is 2.22. The minimum atomic E-state index is -0.450. The van der Waals surface area contributed by atoms with Crippen LogP contribution in [0.1, 0.15) is 61.2 Å². The molecule has 37 heavy (non-hydrogen) atoms. The van der Waals surface area contributed by atoms with Crippen molar-refractivity contribution in [3.05, 3.63) is 101 Å². The zero-order valence-electron chi connectivity index (χ0n) is 21.2. The molecule has 0 aliphatic carbocycles. The number of aromatic nitrogens is 4. The summed E-state index contributed by atoms with van der Waals surface area (Å²) in [7, 11) is 0. The molecule has 8 nitrogen and oxygen atoms in total. The van der Waals surface area contributed by atoms with Gasteiger partial charge in [-0.3, -0.25) is 9.59 Å². The minimum absolute atomic E-state index is 0.0737. The van der Waals surface area contributed by atoms with E-state index in [1.54, 1.807) is 24.3 Å². The van der Waals surface area contributed by atoms with Gasteiger partial charge in [0.1, 0.15) is 0 Å². The Morgan fingerprint density at radius 3 is 2.43 bits per heavy atom. The maximum atomic E-state index is 13.1. The van der Waals surface area contributed by atoms with Gasteiger partial charge < -0.3 is 10.6 Å². The van der Waals surface area contributed by atoms with E-state index in [0.29, 0.717) is 17.3 Å². The molecule has 2 N–H and O–H groups in total. The Labute approximate surface area is 221 Å². The highest BCUT2D eigenvalue weighted by molar-refractivity contribution is 6.30. The van der Waals surface area contributed by atoms with E-state index in [0.717, 1.165) is 22.6 Å². The molecule has 0 spiro atoms. The number of hydrogen-bond acceptors (Lipinski definition) is 5. The summed E-state index contributed by atoms with van der Waals surface area (Å²) in [5, 5.41) is 11.2. The average molecular weight is 517 g/mol. The zero-order chi connectivity index (χ0) is 26.6. The van der Waals surface area contributed by atoms with Crippen molar-refractivity contribution < 1.29 is 9.59 Å². The molecule has 0 saturated carbocycles. The lowest BCUT2D eigenvalue weighted by Gasteiger charge is -2.15. The Hall–Kier alpha value is -4.04. The Morgan fingerprint density at radius 1 is 1.00 bits per heavy atom. The molecule has 1 unspecified atom stereocenters. The number of benzene rings is 2. The van der Waals surface area contributed by atoms with E-state index in [2.05, 4.69) is 41.4 Å². The summed E-state index contributed by atoms with van der Waals surface area (Å²) < 4.78 is 1.82. The Kier molecular flexibility index (Phi) is 7.69. The third-order valence-electron chi connectivity index (χ3n) is 5.85. The van der Waals surface area contributed by atoms with E-state index in [1.807, 2.05) is 48.0 Å². The molecular formula is C28H29ClN6O2. The van der Waals surface area contributed by atoms with E-state index >= 15 is 0 Å². The first-order chi connectivity index (χ1) is 17.6. The molecule has 2 heterocycles. The van der Waals surface area contributed by atoms with Crippen LogP contribution in [0.4, 0.5) is 5.69 Å². The van der Waals surface area contributed by atoms with Crippen molar-refractivity contribution in [2.75, 3.05) is 5.32 Å². The van der Waals surface area contributed by atoms with Gasteiger partial charge >= 0.3 is 0 Å². The van der Waals surface area contributed by atoms with Crippen LogP contribution in [0.5, 0.6) is 0 Å². The summed E-state index contributed by atoms with van der Waals surface area (Å²) in [6, 6.07) is 18.3. The number of nitrogens with zero attached hydrogens (tertiary/aromatic N) is 4. The van der Waals surface area contributed by atoms with E-state index in [4.69, 9.17) is 16.7 Å². The number of halogens is 1. The van der Waals surface area contributed by atoms with Gasteiger partial charge in [0, 0.05) is 28.5 Å².